The summed E-state index contributed by atoms with van der Waals surface area (Å²) in [5.41, 5.74) is 1.70. The van der Waals surface area contributed by atoms with Crippen molar-refractivity contribution in [2.24, 2.45) is 0 Å². The van der Waals surface area contributed by atoms with Crippen molar-refractivity contribution in [2.75, 3.05) is 6.26 Å². The SMILES string of the molecule is CS(=O)(=O)c1cccc(-c2cc(Cl)cc(Br)c2)c1. The van der Waals surface area contributed by atoms with Gasteiger partial charge in [-0.05, 0) is 41.5 Å². The fourth-order valence-electron chi connectivity index (χ4n) is 1.63. The lowest BCUT2D eigenvalue weighted by Crippen LogP contribution is -1.96. The van der Waals surface area contributed by atoms with Gasteiger partial charge in [0.2, 0.25) is 0 Å². The van der Waals surface area contributed by atoms with Crippen LogP contribution < -0.4 is 0 Å². The second-order valence-electron chi connectivity index (χ2n) is 3.96. The van der Waals surface area contributed by atoms with Crippen LogP contribution in [0.25, 0.3) is 11.1 Å². The molecule has 2 rings (SSSR count). The van der Waals surface area contributed by atoms with Crippen LogP contribution in [0, 0.1) is 0 Å². The molecule has 2 nitrogen and oxygen atoms in total. The first-order chi connectivity index (χ1) is 8.36. The Hall–Kier alpha value is -0.840. The Morgan fingerprint density at radius 2 is 1.78 bits per heavy atom. The van der Waals surface area contributed by atoms with Gasteiger partial charge in [-0.1, -0.05) is 39.7 Å². The van der Waals surface area contributed by atoms with E-state index >= 15 is 0 Å². The van der Waals surface area contributed by atoms with E-state index < -0.39 is 9.84 Å². The lowest BCUT2D eigenvalue weighted by Gasteiger charge is -2.06. The lowest BCUT2D eigenvalue weighted by molar-refractivity contribution is 0.602. The number of hydrogen-bond donors (Lipinski definition) is 0. The van der Waals surface area contributed by atoms with Crippen LogP contribution in [0.3, 0.4) is 0 Å². The van der Waals surface area contributed by atoms with Crippen molar-refractivity contribution in [3.05, 3.63) is 52.0 Å². The minimum atomic E-state index is -3.20. The topological polar surface area (TPSA) is 34.1 Å². The van der Waals surface area contributed by atoms with E-state index in [1.54, 1.807) is 30.3 Å². The van der Waals surface area contributed by atoms with Crippen molar-refractivity contribution >= 4 is 37.4 Å². The molecule has 0 bridgehead atoms. The standard InChI is InChI=1S/C13H10BrClO2S/c1-18(16,17)13-4-2-3-9(7-13)10-5-11(14)8-12(15)6-10/h2-8H,1H3. The van der Waals surface area contributed by atoms with Crippen LogP contribution in [0.1, 0.15) is 0 Å². The number of hydrogen-bond acceptors (Lipinski definition) is 2. The minimum absolute atomic E-state index is 0.302. The zero-order chi connectivity index (χ0) is 13.3. The maximum absolute atomic E-state index is 11.5. The van der Waals surface area contributed by atoms with Crippen LogP contribution in [0.4, 0.5) is 0 Å². The average molecular weight is 346 g/mol. The van der Waals surface area contributed by atoms with E-state index in [2.05, 4.69) is 15.9 Å². The number of benzene rings is 2. The van der Waals surface area contributed by atoms with E-state index in [0.717, 1.165) is 15.6 Å². The Balaban J connectivity index is 2.58. The first-order valence-electron chi connectivity index (χ1n) is 5.13. The molecular weight excluding hydrogens is 336 g/mol. The Kier molecular flexibility index (Phi) is 3.80. The quantitative estimate of drug-likeness (QED) is 0.818. The van der Waals surface area contributed by atoms with Crippen molar-refractivity contribution in [1.29, 1.82) is 0 Å². The van der Waals surface area contributed by atoms with Crippen molar-refractivity contribution in [3.63, 3.8) is 0 Å². The summed E-state index contributed by atoms with van der Waals surface area (Å²) >= 11 is 9.35. The van der Waals surface area contributed by atoms with E-state index in [0.29, 0.717) is 9.92 Å². The molecule has 5 heteroatoms. The van der Waals surface area contributed by atoms with Crippen LogP contribution >= 0.6 is 27.5 Å². The molecule has 2 aromatic rings. The average Bonchev–Trinajstić information content (AvgIpc) is 2.27. The van der Waals surface area contributed by atoms with Gasteiger partial charge in [-0.2, -0.15) is 0 Å². The summed E-state index contributed by atoms with van der Waals surface area (Å²) in [4.78, 5) is 0.302. The van der Waals surface area contributed by atoms with Gasteiger partial charge in [0, 0.05) is 15.8 Å². The molecule has 0 spiro atoms. The zero-order valence-electron chi connectivity index (χ0n) is 9.52. The fraction of sp³-hybridized carbons (Fsp3) is 0.0769. The molecule has 0 radical (unpaired) electrons. The van der Waals surface area contributed by atoms with Crippen molar-refractivity contribution < 1.29 is 8.42 Å². The summed E-state index contributed by atoms with van der Waals surface area (Å²) < 4.78 is 23.9. The van der Waals surface area contributed by atoms with Gasteiger partial charge >= 0.3 is 0 Å². The molecule has 0 N–H and O–H groups in total. The van der Waals surface area contributed by atoms with Gasteiger partial charge in [-0.15, -0.1) is 0 Å². The number of sulfone groups is 1. The van der Waals surface area contributed by atoms with E-state index in [1.807, 2.05) is 12.1 Å². The molecule has 18 heavy (non-hydrogen) atoms. The lowest BCUT2D eigenvalue weighted by atomic mass is 10.1. The fourth-order valence-corrected chi connectivity index (χ4v) is 3.15. The summed E-state index contributed by atoms with van der Waals surface area (Å²) in [6, 6.07) is 12.3. The maximum Gasteiger partial charge on any atom is 0.175 e. The molecule has 0 aliphatic carbocycles. The highest BCUT2D eigenvalue weighted by Crippen LogP contribution is 2.28. The normalized spacial score (nSPS) is 11.5. The van der Waals surface area contributed by atoms with E-state index in [4.69, 9.17) is 11.6 Å². The van der Waals surface area contributed by atoms with Crippen molar-refractivity contribution in [2.45, 2.75) is 4.90 Å². The predicted molar refractivity (Wildman–Crippen MR) is 77.7 cm³/mol. The van der Waals surface area contributed by atoms with E-state index in [9.17, 15) is 8.42 Å². The first-order valence-corrected chi connectivity index (χ1v) is 8.19. The maximum atomic E-state index is 11.5. The highest BCUT2D eigenvalue weighted by molar-refractivity contribution is 9.10. The molecule has 0 aromatic heterocycles. The molecule has 0 aliphatic heterocycles. The molecule has 0 heterocycles. The second kappa shape index (κ2) is 5.03. The third kappa shape index (κ3) is 3.13. The molecule has 0 aliphatic rings. The van der Waals surface area contributed by atoms with Gasteiger partial charge in [0.25, 0.3) is 0 Å². The Morgan fingerprint density at radius 1 is 1.06 bits per heavy atom. The molecule has 0 saturated heterocycles. The van der Waals surface area contributed by atoms with Gasteiger partial charge in [-0.3, -0.25) is 0 Å². The summed E-state index contributed by atoms with van der Waals surface area (Å²) in [6.07, 6.45) is 1.19. The molecule has 0 fully saturated rings. The van der Waals surface area contributed by atoms with Crippen LogP contribution in [-0.4, -0.2) is 14.7 Å². The molecule has 0 saturated carbocycles. The highest BCUT2D eigenvalue weighted by Gasteiger charge is 2.08. The Morgan fingerprint density at radius 3 is 2.39 bits per heavy atom. The third-order valence-corrected chi connectivity index (χ3v) is 4.24. The van der Waals surface area contributed by atoms with Gasteiger partial charge in [0.15, 0.2) is 9.84 Å². The number of halogens is 2. The van der Waals surface area contributed by atoms with Crippen LogP contribution in [0.2, 0.25) is 5.02 Å². The largest absolute Gasteiger partial charge is 0.224 e. The van der Waals surface area contributed by atoms with Gasteiger partial charge in [-0.25, -0.2) is 8.42 Å². The molecule has 0 atom stereocenters. The Bertz CT molecular complexity index is 676. The molecule has 0 unspecified atom stereocenters. The molecule has 2 aromatic carbocycles. The van der Waals surface area contributed by atoms with Crippen molar-refractivity contribution in [3.8, 4) is 11.1 Å². The van der Waals surface area contributed by atoms with Gasteiger partial charge in [0.05, 0.1) is 4.90 Å². The smallest absolute Gasteiger partial charge is 0.175 e. The summed E-state index contributed by atoms with van der Waals surface area (Å²) in [7, 11) is -3.20. The minimum Gasteiger partial charge on any atom is -0.224 e. The van der Waals surface area contributed by atoms with Gasteiger partial charge in [0.1, 0.15) is 0 Å². The highest BCUT2D eigenvalue weighted by atomic mass is 79.9. The monoisotopic (exact) mass is 344 g/mol. The molecular formula is C13H10BrClO2S. The predicted octanol–water partition coefficient (Wildman–Crippen LogP) is 4.17. The molecule has 94 valence electrons. The summed E-state index contributed by atoms with van der Waals surface area (Å²) in [6.45, 7) is 0. The summed E-state index contributed by atoms with van der Waals surface area (Å²) in [5.74, 6) is 0. The van der Waals surface area contributed by atoms with Crippen LogP contribution in [0.5, 0.6) is 0 Å². The first kappa shape index (κ1) is 13.6. The van der Waals surface area contributed by atoms with Gasteiger partial charge < -0.3 is 0 Å². The zero-order valence-corrected chi connectivity index (χ0v) is 12.7. The van der Waals surface area contributed by atoms with Crippen molar-refractivity contribution in [1.82, 2.24) is 0 Å². The van der Waals surface area contributed by atoms with Crippen LogP contribution in [-0.2, 0) is 9.84 Å². The van der Waals surface area contributed by atoms with E-state index in [-0.39, 0.29) is 0 Å². The Labute approximate surface area is 120 Å². The summed E-state index contributed by atoms with van der Waals surface area (Å²) in [5, 5.41) is 0.601. The second-order valence-corrected chi connectivity index (χ2v) is 7.33. The number of rotatable bonds is 2. The molecule has 0 amide bonds. The van der Waals surface area contributed by atoms with E-state index in [1.165, 1.54) is 6.26 Å². The third-order valence-electron chi connectivity index (χ3n) is 2.46. The van der Waals surface area contributed by atoms with Crippen LogP contribution in [0.15, 0.2) is 51.8 Å².